The summed E-state index contributed by atoms with van der Waals surface area (Å²) in [6.45, 7) is 4.43. The van der Waals surface area contributed by atoms with E-state index in [9.17, 15) is 0 Å². The fourth-order valence-corrected chi connectivity index (χ4v) is 1.36. The van der Waals surface area contributed by atoms with Gasteiger partial charge in [-0.15, -0.1) is 0 Å². The van der Waals surface area contributed by atoms with E-state index in [0.29, 0.717) is 52.6 Å². The Bertz CT molecular complexity index is 177. The highest BCUT2D eigenvalue weighted by Gasteiger charge is 2.35. The van der Waals surface area contributed by atoms with Crippen LogP contribution in [0.1, 0.15) is 0 Å². The van der Waals surface area contributed by atoms with Gasteiger partial charge in [0, 0.05) is 26.2 Å². The Labute approximate surface area is 128 Å². The van der Waals surface area contributed by atoms with Crippen LogP contribution in [-0.4, -0.2) is 87.0 Å². The number of likely N-dealkylation sites (N-methyl/N-ethyl adjacent to an activating group) is 4. The van der Waals surface area contributed by atoms with Gasteiger partial charge in [-0.25, -0.2) is 0 Å². The van der Waals surface area contributed by atoms with Crippen LogP contribution in [0.15, 0.2) is 0 Å². The molecule has 0 bridgehead atoms. The monoisotopic (exact) mass is 308 g/mol. The molecule has 0 aliphatic carbocycles. The third kappa shape index (κ3) is 11.0. The van der Waals surface area contributed by atoms with Gasteiger partial charge in [0.25, 0.3) is 0 Å². The lowest BCUT2D eigenvalue weighted by atomic mass is 10.6. The van der Waals surface area contributed by atoms with E-state index in [4.69, 9.17) is 18.9 Å². The molecule has 21 heavy (non-hydrogen) atoms. The number of hydrogen-bond donors (Lipinski definition) is 4. The Morgan fingerprint density at radius 1 is 0.524 bits per heavy atom. The minimum atomic E-state index is -1.46. The molecular weight excluding hydrogens is 276 g/mol. The minimum Gasteiger partial charge on any atom is -0.317 e. The van der Waals surface area contributed by atoms with Crippen LogP contribution in [0, 0.1) is 0 Å². The van der Waals surface area contributed by atoms with Crippen LogP contribution in [0.2, 0.25) is 0 Å². The summed E-state index contributed by atoms with van der Waals surface area (Å²) in [6.07, 6.45) is -1.46. The van der Waals surface area contributed by atoms with E-state index in [-0.39, 0.29) is 0 Å². The Balaban J connectivity index is 4.52. The third-order valence-electron chi connectivity index (χ3n) is 2.52. The summed E-state index contributed by atoms with van der Waals surface area (Å²) in [5, 5.41) is 12.1. The van der Waals surface area contributed by atoms with Crippen molar-refractivity contribution in [3.05, 3.63) is 0 Å². The number of rotatable bonds is 16. The molecule has 4 N–H and O–H groups in total. The second kappa shape index (κ2) is 14.6. The molecule has 0 aliphatic heterocycles. The number of ether oxygens (including phenoxy) is 4. The molecule has 0 spiro atoms. The zero-order valence-electron chi connectivity index (χ0n) is 13.8. The average Bonchev–Trinajstić information content (AvgIpc) is 2.48. The molecule has 0 unspecified atom stereocenters. The molecule has 0 saturated heterocycles. The van der Waals surface area contributed by atoms with Crippen molar-refractivity contribution in [2.45, 2.75) is 6.16 Å². The summed E-state index contributed by atoms with van der Waals surface area (Å²) in [5.41, 5.74) is 0. The van der Waals surface area contributed by atoms with Crippen LogP contribution < -0.4 is 21.3 Å². The maximum atomic E-state index is 5.70. The van der Waals surface area contributed by atoms with Gasteiger partial charge >= 0.3 is 6.16 Å². The molecule has 0 atom stereocenters. The van der Waals surface area contributed by atoms with Crippen LogP contribution in [0.3, 0.4) is 0 Å². The lowest BCUT2D eigenvalue weighted by Crippen LogP contribution is -2.46. The molecule has 0 radical (unpaired) electrons. The second-order valence-corrected chi connectivity index (χ2v) is 4.31. The average molecular weight is 308 g/mol. The molecular formula is C13H32N4O4. The molecule has 0 aromatic carbocycles. The van der Waals surface area contributed by atoms with Gasteiger partial charge in [0.15, 0.2) is 0 Å². The SMILES string of the molecule is CNCCOC(OCCNC)(OCCNC)OCCNC. The van der Waals surface area contributed by atoms with Crippen molar-refractivity contribution in [3.8, 4) is 0 Å². The van der Waals surface area contributed by atoms with Gasteiger partial charge in [0.1, 0.15) is 0 Å². The van der Waals surface area contributed by atoms with E-state index >= 15 is 0 Å². The summed E-state index contributed by atoms with van der Waals surface area (Å²) in [4.78, 5) is 0. The highest BCUT2D eigenvalue weighted by atomic mass is 17.0. The van der Waals surface area contributed by atoms with Crippen LogP contribution in [-0.2, 0) is 18.9 Å². The van der Waals surface area contributed by atoms with Gasteiger partial charge < -0.3 is 40.2 Å². The standard InChI is InChI=1S/C13H32N4O4/c1-14-5-9-18-13(19-10-6-15-2,20-11-7-16-3)21-12-8-17-4/h14-17H,5-12H2,1-4H3. The first kappa shape index (κ1) is 20.7. The zero-order chi connectivity index (χ0) is 15.8. The molecule has 0 fully saturated rings. The molecule has 0 aliphatic rings. The summed E-state index contributed by atoms with van der Waals surface area (Å²) in [6, 6.07) is 0. The largest absolute Gasteiger partial charge is 0.412 e. The first-order chi connectivity index (χ1) is 10.2. The van der Waals surface area contributed by atoms with Crippen LogP contribution >= 0.6 is 0 Å². The molecule has 0 heterocycles. The Morgan fingerprint density at radius 2 is 0.762 bits per heavy atom. The maximum Gasteiger partial charge on any atom is 0.412 e. The quantitative estimate of drug-likeness (QED) is 0.203. The van der Waals surface area contributed by atoms with E-state index in [2.05, 4.69) is 21.3 Å². The van der Waals surface area contributed by atoms with Crippen LogP contribution in [0.25, 0.3) is 0 Å². The van der Waals surface area contributed by atoms with Crippen LogP contribution in [0.4, 0.5) is 0 Å². The Morgan fingerprint density at radius 3 is 0.952 bits per heavy atom. The predicted molar refractivity (Wildman–Crippen MR) is 82.2 cm³/mol. The van der Waals surface area contributed by atoms with Crippen molar-refractivity contribution in [2.24, 2.45) is 0 Å². The lowest BCUT2D eigenvalue weighted by molar-refractivity contribution is -0.497. The number of nitrogens with one attached hydrogen (secondary N) is 4. The van der Waals surface area contributed by atoms with Gasteiger partial charge in [0.05, 0.1) is 26.4 Å². The smallest absolute Gasteiger partial charge is 0.317 e. The van der Waals surface area contributed by atoms with Crippen molar-refractivity contribution in [1.82, 2.24) is 21.3 Å². The normalized spacial score (nSPS) is 12.0. The van der Waals surface area contributed by atoms with E-state index in [1.54, 1.807) is 0 Å². The van der Waals surface area contributed by atoms with Crippen molar-refractivity contribution >= 4 is 0 Å². The van der Waals surface area contributed by atoms with Gasteiger partial charge in [0.2, 0.25) is 0 Å². The summed E-state index contributed by atoms with van der Waals surface area (Å²) >= 11 is 0. The fourth-order valence-electron chi connectivity index (χ4n) is 1.36. The molecule has 8 nitrogen and oxygen atoms in total. The minimum absolute atomic E-state index is 0.426. The van der Waals surface area contributed by atoms with E-state index in [1.807, 2.05) is 28.2 Å². The van der Waals surface area contributed by atoms with E-state index in [0.717, 1.165) is 0 Å². The second-order valence-electron chi connectivity index (χ2n) is 4.31. The van der Waals surface area contributed by atoms with Crippen molar-refractivity contribution in [1.29, 1.82) is 0 Å². The van der Waals surface area contributed by atoms with Gasteiger partial charge in [-0.2, -0.15) is 0 Å². The third-order valence-corrected chi connectivity index (χ3v) is 2.52. The van der Waals surface area contributed by atoms with E-state index < -0.39 is 6.16 Å². The topological polar surface area (TPSA) is 85.0 Å². The summed E-state index contributed by atoms with van der Waals surface area (Å²) < 4.78 is 22.8. The van der Waals surface area contributed by atoms with Crippen molar-refractivity contribution in [3.63, 3.8) is 0 Å². The van der Waals surface area contributed by atoms with Gasteiger partial charge in [-0.1, -0.05) is 0 Å². The first-order valence-electron chi connectivity index (χ1n) is 7.39. The molecule has 0 aromatic rings. The Hall–Kier alpha value is -0.320. The molecule has 8 heteroatoms. The number of hydrogen-bond acceptors (Lipinski definition) is 8. The molecule has 0 saturated carbocycles. The fraction of sp³-hybridized carbons (Fsp3) is 1.00. The zero-order valence-corrected chi connectivity index (χ0v) is 13.8. The molecule has 0 aromatic heterocycles. The highest BCUT2D eigenvalue weighted by Crippen LogP contribution is 2.17. The molecule has 0 rings (SSSR count). The maximum absolute atomic E-state index is 5.70. The van der Waals surface area contributed by atoms with Gasteiger partial charge in [-0.3, -0.25) is 0 Å². The Kier molecular flexibility index (Phi) is 14.4. The highest BCUT2D eigenvalue weighted by molar-refractivity contribution is 4.51. The van der Waals surface area contributed by atoms with Crippen molar-refractivity contribution in [2.75, 3.05) is 80.8 Å². The molecule has 128 valence electrons. The lowest BCUT2D eigenvalue weighted by Gasteiger charge is -2.32. The first-order valence-corrected chi connectivity index (χ1v) is 7.39. The van der Waals surface area contributed by atoms with Crippen molar-refractivity contribution < 1.29 is 18.9 Å². The van der Waals surface area contributed by atoms with Gasteiger partial charge in [-0.05, 0) is 28.2 Å². The summed E-state index contributed by atoms with van der Waals surface area (Å²) in [5.74, 6) is 0. The van der Waals surface area contributed by atoms with Crippen LogP contribution in [0.5, 0.6) is 0 Å². The summed E-state index contributed by atoms with van der Waals surface area (Å²) in [7, 11) is 7.43. The predicted octanol–water partition coefficient (Wildman–Crippen LogP) is -1.46. The van der Waals surface area contributed by atoms with E-state index in [1.165, 1.54) is 0 Å². The molecule has 0 amide bonds.